The molecule has 4 heteroatoms. The number of methoxy groups -OCH3 is 1. The van der Waals surface area contributed by atoms with E-state index in [1.807, 2.05) is 0 Å². The Hall–Kier alpha value is -1.53. The predicted octanol–water partition coefficient (Wildman–Crippen LogP) is 2.68. The fourth-order valence-electron chi connectivity index (χ4n) is 0.910. The molecule has 3 nitrogen and oxygen atoms in total. The van der Waals surface area contributed by atoms with Crippen LogP contribution < -0.4 is 0 Å². The standard InChI is InChI=1S/C9H6ClNO2/c1-11-7-5-3-4-6(10)8(7)9(12)13-2/h3-5H,2H3. The second-order valence-electron chi connectivity index (χ2n) is 2.24. The topological polar surface area (TPSA) is 30.7 Å². The van der Waals surface area contributed by atoms with Gasteiger partial charge in [-0.25, -0.2) is 9.64 Å². The van der Waals surface area contributed by atoms with Crippen molar-refractivity contribution in [3.63, 3.8) is 0 Å². The molecule has 1 rings (SSSR count). The SMILES string of the molecule is [C-]#[N+]c1cccc(Cl)c1C(=O)OC. The third kappa shape index (κ3) is 1.79. The van der Waals surface area contributed by atoms with E-state index in [-0.39, 0.29) is 16.3 Å². The molecule has 0 aliphatic rings. The first-order valence-corrected chi connectivity index (χ1v) is 3.82. The van der Waals surface area contributed by atoms with Crippen LogP contribution in [0, 0.1) is 6.57 Å². The van der Waals surface area contributed by atoms with Crippen molar-refractivity contribution in [2.45, 2.75) is 0 Å². The highest BCUT2D eigenvalue weighted by Crippen LogP contribution is 2.27. The van der Waals surface area contributed by atoms with Crippen LogP contribution in [0.15, 0.2) is 18.2 Å². The Morgan fingerprint density at radius 2 is 2.31 bits per heavy atom. The largest absolute Gasteiger partial charge is 0.466 e. The van der Waals surface area contributed by atoms with Crippen LogP contribution in [0.4, 0.5) is 5.69 Å². The van der Waals surface area contributed by atoms with Crippen molar-refractivity contribution in [3.8, 4) is 0 Å². The molecule has 0 saturated heterocycles. The lowest BCUT2D eigenvalue weighted by atomic mass is 10.2. The molecule has 0 N–H and O–H groups in total. The Balaban J connectivity index is 3.33. The molecule has 0 radical (unpaired) electrons. The van der Waals surface area contributed by atoms with Crippen molar-refractivity contribution in [2.75, 3.05) is 7.11 Å². The smallest absolute Gasteiger partial charge is 0.328 e. The van der Waals surface area contributed by atoms with Crippen LogP contribution in [-0.4, -0.2) is 13.1 Å². The average molecular weight is 196 g/mol. The summed E-state index contributed by atoms with van der Waals surface area (Å²) in [5.41, 5.74) is 0.334. The number of carbonyl (C=O) groups excluding carboxylic acids is 1. The van der Waals surface area contributed by atoms with E-state index >= 15 is 0 Å². The summed E-state index contributed by atoms with van der Waals surface area (Å²) in [5.74, 6) is -0.586. The number of ether oxygens (including phenoxy) is 1. The van der Waals surface area contributed by atoms with Gasteiger partial charge in [0.1, 0.15) is 0 Å². The summed E-state index contributed by atoms with van der Waals surface area (Å²) >= 11 is 5.74. The zero-order chi connectivity index (χ0) is 9.84. The zero-order valence-electron chi connectivity index (χ0n) is 6.87. The quantitative estimate of drug-likeness (QED) is 0.510. The van der Waals surface area contributed by atoms with Crippen molar-refractivity contribution < 1.29 is 9.53 Å². The van der Waals surface area contributed by atoms with Gasteiger partial charge in [0, 0.05) is 5.02 Å². The average Bonchev–Trinajstić information content (AvgIpc) is 2.16. The first-order chi connectivity index (χ1) is 6.20. The van der Waals surface area contributed by atoms with E-state index in [0.717, 1.165) is 0 Å². The van der Waals surface area contributed by atoms with E-state index in [2.05, 4.69) is 9.58 Å². The normalized spacial score (nSPS) is 9.00. The maximum atomic E-state index is 11.2. The predicted molar refractivity (Wildman–Crippen MR) is 49.1 cm³/mol. The molecular weight excluding hydrogens is 190 g/mol. The summed E-state index contributed by atoms with van der Waals surface area (Å²) in [5, 5.41) is 0.236. The summed E-state index contributed by atoms with van der Waals surface area (Å²) < 4.78 is 4.49. The van der Waals surface area contributed by atoms with Crippen molar-refractivity contribution >= 4 is 23.3 Å². The van der Waals surface area contributed by atoms with Crippen molar-refractivity contribution in [1.29, 1.82) is 0 Å². The molecule has 0 unspecified atom stereocenters. The van der Waals surface area contributed by atoms with Crippen molar-refractivity contribution in [2.24, 2.45) is 0 Å². The molecule has 0 bridgehead atoms. The molecular formula is C9H6ClNO2. The van der Waals surface area contributed by atoms with Gasteiger partial charge >= 0.3 is 5.97 Å². The molecule has 13 heavy (non-hydrogen) atoms. The van der Waals surface area contributed by atoms with E-state index in [1.54, 1.807) is 12.1 Å². The van der Waals surface area contributed by atoms with E-state index in [4.69, 9.17) is 18.2 Å². The molecule has 0 spiro atoms. The number of benzene rings is 1. The van der Waals surface area contributed by atoms with Crippen LogP contribution in [0.5, 0.6) is 0 Å². The molecule has 0 aliphatic carbocycles. The van der Waals surface area contributed by atoms with E-state index in [9.17, 15) is 4.79 Å². The highest BCUT2D eigenvalue weighted by molar-refractivity contribution is 6.34. The second kappa shape index (κ2) is 3.92. The number of hydrogen-bond acceptors (Lipinski definition) is 2. The highest BCUT2D eigenvalue weighted by Gasteiger charge is 2.15. The fraction of sp³-hybridized carbons (Fsp3) is 0.111. The lowest BCUT2D eigenvalue weighted by Crippen LogP contribution is -2.01. The van der Waals surface area contributed by atoms with Crippen LogP contribution >= 0.6 is 11.6 Å². The van der Waals surface area contributed by atoms with E-state index < -0.39 is 5.97 Å². The molecule has 0 heterocycles. The van der Waals surface area contributed by atoms with Gasteiger partial charge in [0.25, 0.3) is 0 Å². The molecule has 1 aromatic carbocycles. The number of rotatable bonds is 1. The van der Waals surface area contributed by atoms with Gasteiger partial charge in [0.2, 0.25) is 5.69 Å². The second-order valence-corrected chi connectivity index (χ2v) is 2.64. The van der Waals surface area contributed by atoms with E-state index in [0.29, 0.717) is 0 Å². The molecule has 0 aliphatic heterocycles. The number of esters is 1. The fourth-order valence-corrected chi connectivity index (χ4v) is 1.16. The number of nitrogens with zero attached hydrogens (tertiary/aromatic N) is 1. The molecule has 0 fully saturated rings. The summed E-state index contributed by atoms with van der Waals surface area (Å²) in [6.45, 7) is 6.81. The third-order valence-electron chi connectivity index (χ3n) is 1.50. The maximum Gasteiger partial charge on any atom is 0.328 e. The Morgan fingerprint density at radius 1 is 1.62 bits per heavy atom. The summed E-state index contributed by atoms with van der Waals surface area (Å²) in [4.78, 5) is 14.3. The molecule has 1 aromatic rings. The van der Waals surface area contributed by atoms with Gasteiger partial charge in [-0.05, 0) is 6.07 Å². The Kier molecular flexibility index (Phi) is 2.88. The van der Waals surface area contributed by atoms with Crippen LogP contribution in [0.1, 0.15) is 10.4 Å². The molecule has 66 valence electrons. The van der Waals surface area contributed by atoms with Gasteiger partial charge in [-0.3, -0.25) is 0 Å². The van der Waals surface area contributed by atoms with Gasteiger partial charge in [-0.2, -0.15) is 0 Å². The third-order valence-corrected chi connectivity index (χ3v) is 1.82. The van der Waals surface area contributed by atoms with Crippen LogP contribution in [0.3, 0.4) is 0 Å². The number of halogens is 1. The minimum absolute atomic E-state index is 0.127. The van der Waals surface area contributed by atoms with Gasteiger partial charge in [0.15, 0.2) is 0 Å². The summed E-state index contributed by atoms with van der Waals surface area (Å²) in [6.07, 6.45) is 0. The van der Waals surface area contributed by atoms with Crippen molar-refractivity contribution in [3.05, 3.63) is 40.2 Å². The van der Waals surface area contributed by atoms with Crippen LogP contribution in [0.25, 0.3) is 4.85 Å². The Labute approximate surface area is 80.7 Å². The van der Waals surface area contributed by atoms with Gasteiger partial charge in [-0.1, -0.05) is 23.7 Å². The Morgan fingerprint density at radius 3 is 2.85 bits per heavy atom. The monoisotopic (exact) mass is 195 g/mol. The first-order valence-electron chi connectivity index (χ1n) is 3.45. The van der Waals surface area contributed by atoms with Crippen molar-refractivity contribution in [1.82, 2.24) is 0 Å². The summed E-state index contributed by atoms with van der Waals surface area (Å²) in [7, 11) is 1.25. The van der Waals surface area contributed by atoms with Crippen LogP contribution in [-0.2, 0) is 4.74 Å². The number of hydrogen-bond donors (Lipinski definition) is 0. The van der Waals surface area contributed by atoms with Gasteiger partial charge in [0.05, 0.1) is 19.2 Å². The Bertz CT molecular complexity index is 382. The minimum Gasteiger partial charge on any atom is -0.466 e. The number of carbonyl (C=O) groups is 1. The molecule has 0 atom stereocenters. The summed E-state index contributed by atoms with van der Waals surface area (Å²) in [6, 6.07) is 4.68. The first kappa shape index (κ1) is 9.56. The van der Waals surface area contributed by atoms with Gasteiger partial charge in [-0.15, -0.1) is 0 Å². The maximum absolute atomic E-state index is 11.2. The lowest BCUT2D eigenvalue weighted by Gasteiger charge is -2.03. The molecule has 0 amide bonds. The minimum atomic E-state index is -0.586. The molecule has 0 saturated carbocycles. The zero-order valence-corrected chi connectivity index (χ0v) is 7.63. The lowest BCUT2D eigenvalue weighted by molar-refractivity contribution is 0.0602. The van der Waals surface area contributed by atoms with Crippen LogP contribution in [0.2, 0.25) is 5.02 Å². The molecule has 0 aromatic heterocycles. The van der Waals surface area contributed by atoms with E-state index in [1.165, 1.54) is 13.2 Å². The van der Waals surface area contributed by atoms with Gasteiger partial charge < -0.3 is 4.74 Å². The highest BCUT2D eigenvalue weighted by atomic mass is 35.5.